The van der Waals surface area contributed by atoms with Crippen molar-refractivity contribution in [3.05, 3.63) is 4.98 Å². The molecule has 0 atom stereocenters. The Hall–Kier alpha value is -1.11. The zero-order chi connectivity index (χ0) is 9.03. The minimum absolute atomic E-state index is 0.380. The molecule has 66 valence electrons. The van der Waals surface area contributed by atoms with Crippen molar-refractivity contribution in [2.24, 2.45) is 0 Å². The number of esters is 1. The second kappa shape index (κ2) is 3.53. The molecule has 1 saturated carbocycles. The summed E-state index contributed by atoms with van der Waals surface area (Å²) >= 11 is 0. The van der Waals surface area contributed by atoms with Gasteiger partial charge in [0.1, 0.15) is 0 Å². The van der Waals surface area contributed by atoms with Crippen LogP contribution in [0.15, 0.2) is 0 Å². The second-order valence-electron chi connectivity index (χ2n) is 3.20. The lowest BCUT2D eigenvalue weighted by molar-refractivity contribution is -0.155. The fraction of sp³-hybridized carbons (Fsp3) is 0.875. The third kappa shape index (κ3) is 1.94. The van der Waals surface area contributed by atoms with Crippen molar-refractivity contribution >= 4 is 5.97 Å². The van der Waals surface area contributed by atoms with Crippen LogP contribution in [0.4, 0.5) is 0 Å². The third-order valence-corrected chi connectivity index (χ3v) is 2.15. The van der Waals surface area contributed by atoms with Crippen molar-refractivity contribution in [1.82, 2.24) is 0 Å². The van der Waals surface area contributed by atoms with Crippen LogP contribution >= 0.6 is 0 Å². The van der Waals surface area contributed by atoms with Crippen molar-refractivity contribution in [2.75, 3.05) is 0 Å². The molecule has 0 heterocycles. The van der Waals surface area contributed by atoms with Crippen LogP contribution in [-0.2, 0) is 9.53 Å². The zero-order valence-electron chi connectivity index (χ0n) is 7.25. The number of hydrogen-bond acceptors (Lipinski definition) is 3. The molecule has 0 aliphatic heterocycles. The van der Waals surface area contributed by atoms with E-state index in [0.29, 0.717) is 12.8 Å². The fourth-order valence-electron chi connectivity index (χ4n) is 1.59. The Morgan fingerprint density at radius 2 is 2.00 bits per heavy atom. The molecular weight excluding hydrogens is 156 g/mol. The van der Waals surface area contributed by atoms with E-state index in [4.69, 9.17) is 10.1 Å². The van der Waals surface area contributed by atoms with Gasteiger partial charge < -0.3 is 4.74 Å². The van der Waals surface area contributed by atoms with E-state index in [1.165, 1.54) is 6.92 Å². The molecule has 0 unspecified atom stereocenters. The molecule has 0 aromatic heterocycles. The number of nitrogens with zero attached hydrogens (tertiary/aromatic N) is 2. The predicted molar refractivity (Wildman–Crippen MR) is 42.7 cm³/mol. The monoisotopic (exact) mass is 169 g/mol. The first kappa shape index (κ1) is 8.98. The molecule has 0 N–H and O–H groups in total. The first-order valence-electron chi connectivity index (χ1n) is 4.24. The Morgan fingerprint density at radius 3 is 2.42 bits per heavy atom. The van der Waals surface area contributed by atoms with Crippen LogP contribution in [0, 0.1) is 5.39 Å². The van der Waals surface area contributed by atoms with Crippen LogP contribution in [0.2, 0.25) is 0 Å². The van der Waals surface area contributed by atoms with E-state index in [0.717, 1.165) is 19.3 Å². The largest absolute Gasteiger partial charge is 0.466 e. The second-order valence-corrected chi connectivity index (χ2v) is 3.20. The number of rotatable bonds is 1. The molecule has 12 heavy (non-hydrogen) atoms. The highest BCUT2D eigenvalue weighted by molar-refractivity contribution is 5.66. The third-order valence-electron chi connectivity index (χ3n) is 2.15. The van der Waals surface area contributed by atoms with Gasteiger partial charge >= 0.3 is 11.7 Å². The summed E-state index contributed by atoms with van der Waals surface area (Å²) in [5.74, 6) is -0.380. The van der Waals surface area contributed by atoms with Gasteiger partial charge in [-0.15, -0.1) is 0 Å². The molecule has 1 aliphatic rings. The summed E-state index contributed by atoms with van der Waals surface area (Å²) < 4.78 is 4.97. The lowest BCUT2D eigenvalue weighted by atomic mass is 9.92. The molecule has 1 aliphatic carbocycles. The maximum atomic E-state index is 10.7. The highest BCUT2D eigenvalue weighted by atomic mass is 16.6. The van der Waals surface area contributed by atoms with Crippen LogP contribution in [0.5, 0.6) is 0 Å². The number of ether oxygens (including phenoxy) is 1. The molecule has 0 saturated heterocycles. The van der Waals surface area contributed by atoms with Gasteiger partial charge in [-0.05, 0) is 12.8 Å². The summed E-state index contributed by atoms with van der Waals surface area (Å²) in [6, 6.07) is 0. The van der Waals surface area contributed by atoms with Crippen molar-refractivity contribution < 1.29 is 9.53 Å². The minimum Gasteiger partial charge on any atom is -0.384 e. The molecule has 0 radical (unpaired) electrons. The Balaban J connectivity index is 2.61. The lowest BCUT2D eigenvalue weighted by Gasteiger charge is -2.18. The van der Waals surface area contributed by atoms with Gasteiger partial charge in [0.15, 0.2) is 4.98 Å². The molecule has 0 aromatic rings. The molecule has 0 aromatic carbocycles. The molecule has 4 nitrogen and oxygen atoms in total. The maximum absolute atomic E-state index is 10.7. The molecule has 0 bridgehead atoms. The van der Waals surface area contributed by atoms with E-state index >= 15 is 0 Å². The summed E-state index contributed by atoms with van der Waals surface area (Å²) in [6.45, 7) is 1.33. The average molecular weight is 169 g/mol. The molecule has 0 spiro atoms. The molecule has 1 rings (SSSR count). The van der Waals surface area contributed by atoms with E-state index < -0.39 is 5.72 Å². The van der Waals surface area contributed by atoms with E-state index in [9.17, 15) is 4.79 Å². The van der Waals surface area contributed by atoms with Gasteiger partial charge in [-0.3, -0.25) is 4.79 Å². The molecule has 0 amide bonds. The Bertz CT molecular complexity index is 214. The lowest BCUT2D eigenvalue weighted by Crippen LogP contribution is -2.32. The van der Waals surface area contributed by atoms with Gasteiger partial charge in [0, 0.05) is 6.92 Å². The SMILES string of the molecule is CC(=O)OC1([N+]#N)CCCCC1. The standard InChI is InChI=1S/C8H13N2O2/c1-7(11)12-8(10-9)5-3-2-4-6-8/h2-6H2,1H3/q+1. The highest BCUT2D eigenvalue weighted by Gasteiger charge is 2.48. The first-order chi connectivity index (χ1) is 5.68. The number of hydrogen-bond donors (Lipinski definition) is 0. The van der Waals surface area contributed by atoms with Crippen LogP contribution in [0.1, 0.15) is 39.0 Å². The number of carbonyl (C=O) groups excluding carboxylic acids is 1. The van der Waals surface area contributed by atoms with Gasteiger partial charge in [-0.2, -0.15) is 0 Å². The Morgan fingerprint density at radius 1 is 1.42 bits per heavy atom. The summed E-state index contributed by atoms with van der Waals surface area (Å²) in [5.41, 5.74) is -0.927. The predicted octanol–water partition coefficient (Wildman–Crippen LogP) is 2.06. The number of carbonyl (C=O) groups is 1. The van der Waals surface area contributed by atoms with Gasteiger partial charge in [0.25, 0.3) is 0 Å². The van der Waals surface area contributed by atoms with E-state index in [1.54, 1.807) is 0 Å². The van der Waals surface area contributed by atoms with Crippen LogP contribution < -0.4 is 0 Å². The van der Waals surface area contributed by atoms with Gasteiger partial charge in [0.05, 0.1) is 12.8 Å². The molecular formula is C8H13N2O2+. The van der Waals surface area contributed by atoms with Gasteiger partial charge in [-0.1, -0.05) is 6.42 Å². The summed E-state index contributed by atoms with van der Waals surface area (Å²) in [5, 5.41) is 8.74. The van der Waals surface area contributed by atoms with Crippen molar-refractivity contribution in [1.29, 1.82) is 5.39 Å². The molecule has 4 heteroatoms. The first-order valence-corrected chi connectivity index (χ1v) is 4.24. The number of diazo groups is 1. The van der Waals surface area contributed by atoms with Gasteiger partial charge in [-0.25, -0.2) is 0 Å². The zero-order valence-corrected chi connectivity index (χ0v) is 7.25. The summed E-state index contributed by atoms with van der Waals surface area (Å²) in [4.78, 5) is 13.9. The normalized spacial score (nSPS) is 21.0. The van der Waals surface area contributed by atoms with E-state index in [-0.39, 0.29) is 5.97 Å². The Kier molecular flexibility index (Phi) is 2.64. The van der Waals surface area contributed by atoms with Gasteiger partial charge in [0.2, 0.25) is 5.39 Å². The van der Waals surface area contributed by atoms with Crippen molar-refractivity contribution in [3.63, 3.8) is 0 Å². The quantitative estimate of drug-likeness (QED) is 0.446. The topological polar surface area (TPSA) is 54.5 Å². The van der Waals surface area contributed by atoms with Crippen molar-refractivity contribution in [2.45, 2.75) is 44.8 Å². The summed E-state index contributed by atoms with van der Waals surface area (Å²) in [7, 11) is 0. The fourth-order valence-corrected chi connectivity index (χ4v) is 1.59. The van der Waals surface area contributed by atoms with E-state index in [1.807, 2.05) is 0 Å². The average Bonchev–Trinajstić information content (AvgIpc) is 2.05. The Labute approximate surface area is 71.5 Å². The molecule has 1 fully saturated rings. The highest BCUT2D eigenvalue weighted by Crippen LogP contribution is 2.32. The summed E-state index contributed by atoms with van der Waals surface area (Å²) in [6.07, 6.45) is 4.32. The minimum atomic E-state index is -0.927. The van der Waals surface area contributed by atoms with E-state index in [2.05, 4.69) is 4.98 Å². The van der Waals surface area contributed by atoms with Crippen molar-refractivity contribution in [3.8, 4) is 0 Å². The van der Waals surface area contributed by atoms with Crippen LogP contribution in [-0.4, -0.2) is 11.7 Å². The maximum Gasteiger partial charge on any atom is 0.466 e. The smallest absolute Gasteiger partial charge is 0.384 e. The van der Waals surface area contributed by atoms with Crippen LogP contribution in [0.3, 0.4) is 0 Å². The van der Waals surface area contributed by atoms with Crippen LogP contribution in [0.25, 0.3) is 4.98 Å².